The fourth-order valence-corrected chi connectivity index (χ4v) is 1.89. The van der Waals surface area contributed by atoms with Gasteiger partial charge in [0.05, 0.1) is 5.56 Å². The van der Waals surface area contributed by atoms with E-state index in [2.05, 4.69) is 10.6 Å². The largest absolute Gasteiger partial charge is 0.478 e. The van der Waals surface area contributed by atoms with Crippen molar-refractivity contribution in [3.8, 4) is 0 Å². The van der Waals surface area contributed by atoms with E-state index in [0.717, 1.165) is 0 Å². The van der Waals surface area contributed by atoms with Crippen LogP contribution in [0.3, 0.4) is 0 Å². The Balaban J connectivity index is 1.91. The highest BCUT2D eigenvalue weighted by atomic mass is 16.4. The molecule has 0 saturated heterocycles. The normalized spacial score (nSPS) is 14.2. The Hall–Kier alpha value is -1.88. The van der Waals surface area contributed by atoms with Gasteiger partial charge in [-0.15, -0.1) is 0 Å². The molecule has 1 aliphatic rings. The van der Waals surface area contributed by atoms with Gasteiger partial charge in [-0.2, -0.15) is 0 Å². The summed E-state index contributed by atoms with van der Waals surface area (Å²) in [6.45, 7) is 2.36. The van der Waals surface area contributed by atoms with Crippen LogP contribution in [0.15, 0.2) is 18.2 Å². The summed E-state index contributed by atoms with van der Waals surface area (Å²) in [6, 6.07) is 5.47. The molecular formula is C14H18N2O3. The molecule has 2 rings (SSSR count). The van der Waals surface area contributed by atoms with Crippen LogP contribution in [-0.4, -0.2) is 29.6 Å². The molecule has 19 heavy (non-hydrogen) atoms. The van der Waals surface area contributed by atoms with Crippen LogP contribution in [0.2, 0.25) is 0 Å². The van der Waals surface area contributed by atoms with Crippen molar-refractivity contribution in [1.29, 1.82) is 0 Å². The summed E-state index contributed by atoms with van der Waals surface area (Å²) < 4.78 is 0. The SMILES string of the molecule is Cc1c(NC(=O)CCNC2CC2)cccc1C(=O)O. The number of amides is 1. The fraction of sp³-hybridized carbons (Fsp3) is 0.429. The molecule has 1 saturated carbocycles. The van der Waals surface area contributed by atoms with Gasteiger partial charge in [0.2, 0.25) is 5.91 Å². The van der Waals surface area contributed by atoms with Crippen molar-refractivity contribution >= 4 is 17.6 Å². The van der Waals surface area contributed by atoms with Gasteiger partial charge in [0, 0.05) is 24.7 Å². The first-order chi connectivity index (χ1) is 9.08. The second-order valence-corrected chi connectivity index (χ2v) is 4.81. The van der Waals surface area contributed by atoms with Crippen molar-refractivity contribution in [3.63, 3.8) is 0 Å². The molecule has 0 atom stereocenters. The van der Waals surface area contributed by atoms with Crippen LogP contribution >= 0.6 is 0 Å². The standard InChI is InChI=1S/C14H18N2O3/c1-9-11(14(18)19)3-2-4-12(9)16-13(17)7-8-15-10-5-6-10/h2-4,10,15H,5-8H2,1H3,(H,16,17)(H,18,19). The summed E-state index contributed by atoms with van der Waals surface area (Å²) in [5.74, 6) is -1.08. The molecule has 0 unspecified atom stereocenters. The fourth-order valence-electron chi connectivity index (χ4n) is 1.89. The van der Waals surface area contributed by atoms with Gasteiger partial charge in [0.1, 0.15) is 0 Å². The monoisotopic (exact) mass is 262 g/mol. The van der Waals surface area contributed by atoms with Gasteiger partial charge < -0.3 is 15.7 Å². The number of rotatable bonds is 6. The van der Waals surface area contributed by atoms with E-state index in [1.54, 1.807) is 19.1 Å². The maximum absolute atomic E-state index is 11.7. The number of nitrogens with one attached hydrogen (secondary N) is 2. The van der Waals surface area contributed by atoms with Gasteiger partial charge in [-0.25, -0.2) is 4.79 Å². The van der Waals surface area contributed by atoms with Crippen molar-refractivity contribution in [2.45, 2.75) is 32.2 Å². The van der Waals surface area contributed by atoms with Crippen molar-refractivity contribution in [2.75, 3.05) is 11.9 Å². The molecule has 5 heteroatoms. The van der Waals surface area contributed by atoms with Crippen LogP contribution in [-0.2, 0) is 4.79 Å². The van der Waals surface area contributed by atoms with Crippen LogP contribution in [0, 0.1) is 6.92 Å². The highest BCUT2D eigenvalue weighted by molar-refractivity contribution is 5.96. The smallest absolute Gasteiger partial charge is 0.336 e. The minimum atomic E-state index is -0.982. The number of carboxylic acid groups (broad SMARTS) is 1. The Bertz CT molecular complexity index is 495. The minimum Gasteiger partial charge on any atom is -0.478 e. The van der Waals surface area contributed by atoms with Gasteiger partial charge in [-0.3, -0.25) is 4.79 Å². The third-order valence-electron chi connectivity index (χ3n) is 3.20. The maximum atomic E-state index is 11.7. The number of hydrogen-bond donors (Lipinski definition) is 3. The van der Waals surface area contributed by atoms with Gasteiger partial charge in [0.25, 0.3) is 0 Å². The van der Waals surface area contributed by atoms with Crippen molar-refractivity contribution < 1.29 is 14.7 Å². The van der Waals surface area contributed by atoms with E-state index in [9.17, 15) is 9.59 Å². The predicted molar refractivity (Wildman–Crippen MR) is 72.4 cm³/mol. The molecule has 0 bridgehead atoms. The zero-order chi connectivity index (χ0) is 13.8. The summed E-state index contributed by atoms with van der Waals surface area (Å²) in [7, 11) is 0. The molecule has 0 spiro atoms. The second-order valence-electron chi connectivity index (χ2n) is 4.81. The summed E-state index contributed by atoms with van der Waals surface area (Å²) in [6.07, 6.45) is 2.79. The Labute approximate surface area is 112 Å². The summed E-state index contributed by atoms with van der Waals surface area (Å²) in [5, 5.41) is 15.0. The Morgan fingerprint density at radius 2 is 2.11 bits per heavy atom. The summed E-state index contributed by atoms with van der Waals surface area (Å²) in [5.41, 5.74) is 1.36. The van der Waals surface area contributed by atoms with E-state index < -0.39 is 5.97 Å². The zero-order valence-corrected chi connectivity index (χ0v) is 10.9. The number of anilines is 1. The van der Waals surface area contributed by atoms with E-state index in [4.69, 9.17) is 5.11 Å². The number of carboxylic acids is 1. The highest BCUT2D eigenvalue weighted by Crippen LogP contribution is 2.20. The molecule has 1 fully saturated rings. The van der Waals surface area contributed by atoms with Crippen LogP contribution < -0.4 is 10.6 Å². The molecule has 3 N–H and O–H groups in total. The van der Waals surface area contributed by atoms with Crippen LogP contribution in [0.4, 0.5) is 5.69 Å². The van der Waals surface area contributed by atoms with Crippen LogP contribution in [0.25, 0.3) is 0 Å². The van der Waals surface area contributed by atoms with Crippen molar-refractivity contribution in [2.24, 2.45) is 0 Å². The molecule has 0 aliphatic heterocycles. The Morgan fingerprint density at radius 1 is 1.37 bits per heavy atom. The van der Waals surface area contributed by atoms with E-state index in [0.29, 0.717) is 30.3 Å². The second kappa shape index (κ2) is 5.84. The summed E-state index contributed by atoms with van der Waals surface area (Å²) >= 11 is 0. The van der Waals surface area contributed by atoms with Crippen molar-refractivity contribution in [1.82, 2.24) is 5.32 Å². The van der Waals surface area contributed by atoms with Gasteiger partial charge >= 0.3 is 5.97 Å². The molecule has 1 aromatic carbocycles. The lowest BCUT2D eigenvalue weighted by molar-refractivity contribution is -0.116. The quantitative estimate of drug-likeness (QED) is 0.730. The molecule has 0 aromatic heterocycles. The lowest BCUT2D eigenvalue weighted by Crippen LogP contribution is -2.23. The molecular weight excluding hydrogens is 244 g/mol. The first-order valence-corrected chi connectivity index (χ1v) is 6.44. The van der Waals surface area contributed by atoms with Crippen LogP contribution in [0.5, 0.6) is 0 Å². The van der Waals surface area contributed by atoms with Crippen LogP contribution in [0.1, 0.15) is 35.2 Å². The number of carbonyl (C=O) groups excluding carboxylic acids is 1. The third kappa shape index (κ3) is 3.79. The number of aromatic carboxylic acids is 1. The lowest BCUT2D eigenvalue weighted by atomic mass is 10.1. The van der Waals surface area contributed by atoms with E-state index in [1.807, 2.05) is 0 Å². The molecule has 102 valence electrons. The van der Waals surface area contributed by atoms with E-state index in [1.165, 1.54) is 18.9 Å². The lowest BCUT2D eigenvalue weighted by Gasteiger charge is -2.10. The number of hydrogen-bond acceptors (Lipinski definition) is 3. The van der Waals surface area contributed by atoms with E-state index >= 15 is 0 Å². The number of benzene rings is 1. The first-order valence-electron chi connectivity index (χ1n) is 6.44. The van der Waals surface area contributed by atoms with Gasteiger partial charge in [-0.1, -0.05) is 6.07 Å². The number of carbonyl (C=O) groups is 2. The first kappa shape index (κ1) is 13.5. The molecule has 5 nitrogen and oxygen atoms in total. The molecule has 1 aliphatic carbocycles. The Kier molecular flexibility index (Phi) is 4.16. The average Bonchev–Trinajstić information content (AvgIpc) is 3.15. The summed E-state index contributed by atoms with van der Waals surface area (Å²) in [4.78, 5) is 22.7. The highest BCUT2D eigenvalue weighted by Gasteiger charge is 2.20. The average molecular weight is 262 g/mol. The predicted octanol–water partition coefficient (Wildman–Crippen LogP) is 1.77. The molecule has 1 aromatic rings. The van der Waals surface area contributed by atoms with Gasteiger partial charge in [0.15, 0.2) is 0 Å². The third-order valence-corrected chi connectivity index (χ3v) is 3.20. The molecule has 0 radical (unpaired) electrons. The van der Waals surface area contributed by atoms with Crippen molar-refractivity contribution in [3.05, 3.63) is 29.3 Å². The Morgan fingerprint density at radius 3 is 2.74 bits per heavy atom. The molecule has 0 heterocycles. The minimum absolute atomic E-state index is 0.0983. The maximum Gasteiger partial charge on any atom is 0.336 e. The van der Waals surface area contributed by atoms with E-state index in [-0.39, 0.29) is 11.5 Å². The molecule has 1 amide bonds. The zero-order valence-electron chi connectivity index (χ0n) is 10.9. The van der Waals surface area contributed by atoms with Gasteiger partial charge in [-0.05, 0) is 37.5 Å². The topological polar surface area (TPSA) is 78.4 Å².